The van der Waals surface area contributed by atoms with Gasteiger partial charge in [-0.1, -0.05) is 6.92 Å². The standard InChI is InChI=1S/C15H23N3O4/c1-4-7-18-11(3)12(10(2)16-18)13(19)17-8-5-15(22,6-9-17)14(20)21/h22H,4-9H2,1-3H3,(H,20,21). The highest BCUT2D eigenvalue weighted by Gasteiger charge is 2.41. The summed E-state index contributed by atoms with van der Waals surface area (Å²) in [6.07, 6.45) is 1.04. The number of carbonyl (C=O) groups excluding carboxylic acids is 1. The minimum atomic E-state index is -1.72. The molecule has 22 heavy (non-hydrogen) atoms. The highest BCUT2D eigenvalue weighted by atomic mass is 16.4. The van der Waals surface area contributed by atoms with Crippen molar-refractivity contribution in [3.63, 3.8) is 0 Å². The summed E-state index contributed by atoms with van der Waals surface area (Å²) >= 11 is 0. The summed E-state index contributed by atoms with van der Waals surface area (Å²) in [6.45, 7) is 6.97. The van der Waals surface area contributed by atoms with Gasteiger partial charge in [0.25, 0.3) is 5.91 Å². The highest BCUT2D eigenvalue weighted by Crippen LogP contribution is 2.25. The fourth-order valence-corrected chi connectivity index (χ4v) is 2.89. The molecule has 2 N–H and O–H groups in total. The normalized spacial score (nSPS) is 17.5. The van der Waals surface area contributed by atoms with Gasteiger partial charge in [0.05, 0.1) is 11.3 Å². The number of aryl methyl sites for hydroxylation is 2. The second-order valence-electron chi connectivity index (χ2n) is 5.90. The van der Waals surface area contributed by atoms with E-state index in [1.807, 2.05) is 18.5 Å². The molecule has 1 aliphatic rings. The van der Waals surface area contributed by atoms with Gasteiger partial charge in [-0.2, -0.15) is 5.10 Å². The molecule has 0 atom stereocenters. The molecule has 122 valence electrons. The summed E-state index contributed by atoms with van der Waals surface area (Å²) < 4.78 is 1.83. The average Bonchev–Trinajstić information content (AvgIpc) is 2.74. The van der Waals surface area contributed by atoms with Crippen molar-refractivity contribution in [2.24, 2.45) is 0 Å². The van der Waals surface area contributed by atoms with E-state index in [0.717, 1.165) is 18.7 Å². The molecular formula is C15H23N3O4. The number of carboxylic acids is 1. The molecule has 1 saturated heterocycles. The van der Waals surface area contributed by atoms with E-state index in [1.165, 1.54) is 0 Å². The maximum Gasteiger partial charge on any atom is 0.335 e. The summed E-state index contributed by atoms with van der Waals surface area (Å²) in [6, 6.07) is 0. The van der Waals surface area contributed by atoms with E-state index < -0.39 is 11.6 Å². The summed E-state index contributed by atoms with van der Waals surface area (Å²) in [5.41, 5.74) is 0.403. The SMILES string of the molecule is CCCn1nc(C)c(C(=O)N2CCC(O)(C(=O)O)CC2)c1C. The Kier molecular flexibility index (Phi) is 4.55. The quantitative estimate of drug-likeness (QED) is 0.863. The second-order valence-corrected chi connectivity index (χ2v) is 5.90. The number of hydrogen-bond acceptors (Lipinski definition) is 4. The van der Waals surface area contributed by atoms with Crippen molar-refractivity contribution in [3.8, 4) is 0 Å². The van der Waals surface area contributed by atoms with E-state index in [4.69, 9.17) is 5.11 Å². The Balaban J connectivity index is 2.15. The molecule has 7 heteroatoms. The van der Waals surface area contributed by atoms with Crippen LogP contribution in [0.5, 0.6) is 0 Å². The largest absolute Gasteiger partial charge is 0.479 e. The summed E-state index contributed by atoms with van der Waals surface area (Å²) in [4.78, 5) is 25.3. The Morgan fingerprint density at radius 3 is 2.36 bits per heavy atom. The van der Waals surface area contributed by atoms with Gasteiger partial charge in [0.15, 0.2) is 5.60 Å². The number of rotatable bonds is 4. The Morgan fingerprint density at radius 1 is 1.27 bits per heavy atom. The summed E-state index contributed by atoms with van der Waals surface area (Å²) in [7, 11) is 0. The first-order chi connectivity index (χ1) is 10.3. The van der Waals surface area contributed by atoms with Crippen LogP contribution in [0.1, 0.15) is 47.9 Å². The van der Waals surface area contributed by atoms with Crippen molar-refractivity contribution in [1.82, 2.24) is 14.7 Å². The minimum absolute atomic E-state index is 0.0509. The maximum absolute atomic E-state index is 12.7. The van der Waals surface area contributed by atoms with Crippen LogP contribution in [-0.2, 0) is 11.3 Å². The van der Waals surface area contributed by atoms with Crippen LogP contribution in [0.4, 0.5) is 0 Å². The van der Waals surface area contributed by atoms with Crippen molar-refractivity contribution in [3.05, 3.63) is 17.0 Å². The number of carboxylic acid groups (broad SMARTS) is 1. The molecule has 0 aliphatic carbocycles. The fourth-order valence-electron chi connectivity index (χ4n) is 2.89. The molecule has 2 heterocycles. The van der Waals surface area contributed by atoms with Crippen LogP contribution >= 0.6 is 0 Å². The number of carbonyl (C=O) groups is 2. The van der Waals surface area contributed by atoms with Crippen molar-refractivity contribution in [2.45, 2.75) is 52.2 Å². The number of nitrogens with zero attached hydrogens (tertiary/aromatic N) is 3. The lowest BCUT2D eigenvalue weighted by atomic mass is 9.91. The lowest BCUT2D eigenvalue weighted by Gasteiger charge is -2.35. The number of likely N-dealkylation sites (tertiary alicyclic amines) is 1. The number of piperidine rings is 1. The van der Waals surface area contributed by atoms with Crippen LogP contribution in [0.25, 0.3) is 0 Å². The molecule has 7 nitrogen and oxygen atoms in total. The molecule has 1 aromatic rings. The fraction of sp³-hybridized carbons (Fsp3) is 0.667. The predicted octanol–water partition coefficient (Wildman–Crippen LogP) is 0.962. The molecule has 0 spiro atoms. The predicted molar refractivity (Wildman–Crippen MR) is 79.7 cm³/mol. The van der Waals surface area contributed by atoms with E-state index in [2.05, 4.69) is 12.0 Å². The Hall–Kier alpha value is -1.89. The average molecular weight is 309 g/mol. The molecule has 2 rings (SSSR count). The maximum atomic E-state index is 12.7. The van der Waals surface area contributed by atoms with Crippen LogP contribution in [0, 0.1) is 13.8 Å². The first-order valence-corrected chi connectivity index (χ1v) is 7.59. The van der Waals surface area contributed by atoms with Gasteiger partial charge in [-0.25, -0.2) is 4.79 Å². The number of hydrogen-bond donors (Lipinski definition) is 2. The van der Waals surface area contributed by atoms with Gasteiger partial charge in [0.2, 0.25) is 0 Å². The number of aliphatic hydroxyl groups is 1. The van der Waals surface area contributed by atoms with Crippen LogP contribution in [-0.4, -0.2) is 55.5 Å². The zero-order chi connectivity index (χ0) is 16.5. The van der Waals surface area contributed by atoms with Gasteiger partial charge in [0, 0.05) is 38.2 Å². The van der Waals surface area contributed by atoms with Gasteiger partial charge >= 0.3 is 5.97 Å². The molecule has 0 radical (unpaired) electrons. The zero-order valence-corrected chi connectivity index (χ0v) is 13.3. The van der Waals surface area contributed by atoms with Gasteiger partial charge in [-0.05, 0) is 20.3 Å². The van der Waals surface area contributed by atoms with Crippen LogP contribution < -0.4 is 0 Å². The molecular weight excluding hydrogens is 286 g/mol. The van der Waals surface area contributed by atoms with E-state index >= 15 is 0 Å². The van der Waals surface area contributed by atoms with E-state index in [0.29, 0.717) is 11.3 Å². The summed E-state index contributed by atoms with van der Waals surface area (Å²) in [5.74, 6) is -1.35. The monoisotopic (exact) mass is 309 g/mol. The molecule has 1 amide bonds. The van der Waals surface area contributed by atoms with Gasteiger partial charge in [0.1, 0.15) is 0 Å². The molecule has 1 aliphatic heterocycles. The van der Waals surface area contributed by atoms with Gasteiger partial charge in [-0.15, -0.1) is 0 Å². The van der Waals surface area contributed by atoms with Crippen molar-refractivity contribution >= 4 is 11.9 Å². The smallest absolute Gasteiger partial charge is 0.335 e. The molecule has 0 unspecified atom stereocenters. The third-order valence-corrected chi connectivity index (χ3v) is 4.31. The van der Waals surface area contributed by atoms with Crippen molar-refractivity contribution in [1.29, 1.82) is 0 Å². The molecule has 1 fully saturated rings. The lowest BCUT2D eigenvalue weighted by molar-refractivity contribution is -0.162. The third kappa shape index (κ3) is 2.85. The Bertz CT molecular complexity index is 586. The van der Waals surface area contributed by atoms with Crippen molar-refractivity contribution < 1.29 is 19.8 Å². The number of aromatic nitrogens is 2. The third-order valence-electron chi connectivity index (χ3n) is 4.31. The molecule has 0 saturated carbocycles. The van der Waals surface area contributed by atoms with Crippen LogP contribution in [0.2, 0.25) is 0 Å². The van der Waals surface area contributed by atoms with Gasteiger partial charge in [-0.3, -0.25) is 9.48 Å². The molecule has 0 aromatic carbocycles. The van der Waals surface area contributed by atoms with Crippen LogP contribution in [0.3, 0.4) is 0 Å². The lowest BCUT2D eigenvalue weighted by Crippen LogP contribution is -2.51. The number of amides is 1. The van der Waals surface area contributed by atoms with Crippen molar-refractivity contribution in [2.75, 3.05) is 13.1 Å². The summed E-state index contributed by atoms with van der Waals surface area (Å²) in [5, 5.41) is 23.4. The van der Waals surface area contributed by atoms with E-state index in [-0.39, 0.29) is 31.8 Å². The van der Waals surface area contributed by atoms with E-state index in [9.17, 15) is 14.7 Å². The topological polar surface area (TPSA) is 95.7 Å². The van der Waals surface area contributed by atoms with Gasteiger partial charge < -0.3 is 15.1 Å². The molecule has 0 bridgehead atoms. The zero-order valence-electron chi connectivity index (χ0n) is 13.3. The first-order valence-electron chi connectivity index (χ1n) is 7.59. The minimum Gasteiger partial charge on any atom is -0.479 e. The molecule has 1 aromatic heterocycles. The Morgan fingerprint density at radius 2 is 1.86 bits per heavy atom. The first kappa shape index (κ1) is 16.5. The van der Waals surface area contributed by atoms with Crippen LogP contribution in [0.15, 0.2) is 0 Å². The number of aliphatic carboxylic acids is 1. The second kappa shape index (κ2) is 6.08. The van der Waals surface area contributed by atoms with E-state index in [1.54, 1.807) is 4.90 Å². The Labute approximate surface area is 129 Å². The highest BCUT2D eigenvalue weighted by molar-refractivity contribution is 5.96.